The number of amidine groups is 1. The Hall–Kier alpha value is -0.570. The van der Waals surface area contributed by atoms with Gasteiger partial charge in [0.25, 0.3) is 0 Å². The summed E-state index contributed by atoms with van der Waals surface area (Å²) in [6.07, 6.45) is 7.56. The van der Waals surface area contributed by atoms with E-state index in [2.05, 4.69) is 0 Å². The molecule has 0 amide bonds. The molecule has 0 aromatic heterocycles. The number of nitrogens with two attached hydrogens (primary N) is 1. The van der Waals surface area contributed by atoms with Crippen molar-refractivity contribution in [3.8, 4) is 0 Å². The van der Waals surface area contributed by atoms with Gasteiger partial charge in [-0.2, -0.15) is 0 Å². The maximum Gasteiger partial charge on any atom is 0.0963 e. The van der Waals surface area contributed by atoms with Crippen molar-refractivity contribution in [2.45, 2.75) is 58.5 Å². The summed E-state index contributed by atoms with van der Waals surface area (Å²) in [5, 5.41) is 7.44. The third kappa shape index (κ3) is 4.20. The minimum atomic E-state index is -0.168. The molecule has 0 aliphatic heterocycles. The van der Waals surface area contributed by atoms with Gasteiger partial charge in [0.2, 0.25) is 0 Å². The zero-order valence-electron chi connectivity index (χ0n) is 10.0. The highest BCUT2D eigenvalue weighted by atomic mass is 16.5. The Morgan fingerprint density at radius 1 is 1.40 bits per heavy atom. The Labute approximate surface area is 92.9 Å². The zero-order chi connectivity index (χ0) is 11.3. The summed E-state index contributed by atoms with van der Waals surface area (Å²) >= 11 is 0. The first-order valence-electron chi connectivity index (χ1n) is 5.98. The van der Waals surface area contributed by atoms with E-state index in [1.54, 1.807) is 0 Å². The maximum atomic E-state index is 7.44. The first-order chi connectivity index (χ1) is 7.02. The number of ether oxygens (including phenoxy) is 1. The molecule has 3 heteroatoms. The SMILES string of the molecule is CC(C)(CCCOC1CCCC1)C(=N)N. The van der Waals surface area contributed by atoms with Gasteiger partial charge in [0, 0.05) is 12.0 Å². The van der Waals surface area contributed by atoms with Crippen molar-refractivity contribution in [1.82, 2.24) is 0 Å². The van der Waals surface area contributed by atoms with Crippen LogP contribution in [0.15, 0.2) is 0 Å². The second-order valence-corrected chi connectivity index (χ2v) is 5.18. The molecule has 0 aromatic rings. The van der Waals surface area contributed by atoms with Gasteiger partial charge in [-0.05, 0) is 25.7 Å². The van der Waals surface area contributed by atoms with Gasteiger partial charge in [-0.1, -0.05) is 26.7 Å². The third-order valence-electron chi connectivity index (χ3n) is 3.33. The van der Waals surface area contributed by atoms with E-state index in [1.807, 2.05) is 13.8 Å². The van der Waals surface area contributed by atoms with E-state index in [0.717, 1.165) is 19.4 Å². The van der Waals surface area contributed by atoms with Crippen LogP contribution in [-0.2, 0) is 4.74 Å². The van der Waals surface area contributed by atoms with Crippen molar-refractivity contribution >= 4 is 5.84 Å². The molecule has 1 aliphatic rings. The lowest BCUT2D eigenvalue weighted by Gasteiger charge is -2.23. The smallest absolute Gasteiger partial charge is 0.0963 e. The molecular weight excluding hydrogens is 188 g/mol. The molecule has 15 heavy (non-hydrogen) atoms. The summed E-state index contributed by atoms with van der Waals surface area (Å²) in [6, 6.07) is 0. The van der Waals surface area contributed by atoms with Gasteiger partial charge in [0.1, 0.15) is 0 Å². The van der Waals surface area contributed by atoms with Crippen molar-refractivity contribution in [3.05, 3.63) is 0 Å². The highest BCUT2D eigenvalue weighted by Gasteiger charge is 2.21. The van der Waals surface area contributed by atoms with Crippen LogP contribution in [0.25, 0.3) is 0 Å². The Bertz CT molecular complexity index is 208. The van der Waals surface area contributed by atoms with Gasteiger partial charge in [0.15, 0.2) is 0 Å². The monoisotopic (exact) mass is 212 g/mol. The van der Waals surface area contributed by atoms with Crippen LogP contribution in [-0.4, -0.2) is 18.5 Å². The zero-order valence-corrected chi connectivity index (χ0v) is 10.0. The molecule has 0 bridgehead atoms. The molecule has 0 aromatic carbocycles. The summed E-state index contributed by atoms with van der Waals surface area (Å²) < 4.78 is 5.77. The molecule has 0 radical (unpaired) electrons. The van der Waals surface area contributed by atoms with E-state index >= 15 is 0 Å². The van der Waals surface area contributed by atoms with Crippen molar-refractivity contribution in [2.24, 2.45) is 11.1 Å². The highest BCUT2D eigenvalue weighted by molar-refractivity contribution is 5.82. The first-order valence-corrected chi connectivity index (χ1v) is 5.98. The number of hydrogen-bond donors (Lipinski definition) is 2. The summed E-state index contributed by atoms with van der Waals surface area (Å²) in [4.78, 5) is 0. The average Bonchev–Trinajstić information content (AvgIpc) is 2.64. The third-order valence-corrected chi connectivity index (χ3v) is 3.33. The minimum absolute atomic E-state index is 0.168. The van der Waals surface area contributed by atoms with Crippen LogP contribution in [0, 0.1) is 10.8 Å². The topological polar surface area (TPSA) is 59.1 Å². The van der Waals surface area contributed by atoms with Gasteiger partial charge in [0.05, 0.1) is 11.9 Å². The van der Waals surface area contributed by atoms with Crippen LogP contribution in [0.1, 0.15) is 52.4 Å². The predicted octanol–water partition coefficient (Wildman–Crippen LogP) is 2.69. The normalized spacial score (nSPS) is 18.3. The molecule has 0 heterocycles. The highest BCUT2D eigenvalue weighted by Crippen LogP contribution is 2.24. The fourth-order valence-electron chi connectivity index (χ4n) is 1.95. The van der Waals surface area contributed by atoms with Gasteiger partial charge in [-0.25, -0.2) is 0 Å². The molecule has 88 valence electrons. The molecule has 0 unspecified atom stereocenters. The van der Waals surface area contributed by atoms with Crippen LogP contribution in [0.3, 0.4) is 0 Å². The Morgan fingerprint density at radius 3 is 2.53 bits per heavy atom. The van der Waals surface area contributed by atoms with Gasteiger partial charge in [-0.15, -0.1) is 0 Å². The Morgan fingerprint density at radius 2 is 2.00 bits per heavy atom. The minimum Gasteiger partial charge on any atom is -0.387 e. The summed E-state index contributed by atoms with van der Waals surface area (Å²) in [7, 11) is 0. The van der Waals surface area contributed by atoms with Crippen molar-refractivity contribution in [3.63, 3.8) is 0 Å². The molecule has 3 nitrogen and oxygen atoms in total. The predicted molar refractivity (Wildman–Crippen MR) is 63.1 cm³/mol. The molecule has 0 atom stereocenters. The molecule has 0 saturated heterocycles. The van der Waals surface area contributed by atoms with Gasteiger partial charge >= 0.3 is 0 Å². The van der Waals surface area contributed by atoms with E-state index in [1.165, 1.54) is 25.7 Å². The van der Waals surface area contributed by atoms with E-state index in [4.69, 9.17) is 15.9 Å². The average molecular weight is 212 g/mol. The first kappa shape index (κ1) is 12.5. The summed E-state index contributed by atoms with van der Waals surface area (Å²) in [6.45, 7) is 4.86. The van der Waals surface area contributed by atoms with Crippen LogP contribution < -0.4 is 5.73 Å². The van der Waals surface area contributed by atoms with E-state index in [9.17, 15) is 0 Å². The molecule has 3 N–H and O–H groups in total. The second kappa shape index (κ2) is 5.50. The largest absolute Gasteiger partial charge is 0.387 e. The van der Waals surface area contributed by atoms with E-state index < -0.39 is 0 Å². The molecule has 1 rings (SSSR count). The molecule has 1 aliphatic carbocycles. The fourth-order valence-corrected chi connectivity index (χ4v) is 1.95. The standard InChI is InChI=1S/C12H24N2O/c1-12(2,11(13)14)8-5-9-15-10-6-3-4-7-10/h10H,3-9H2,1-2H3,(H3,13,14). The van der Waals surface area contributed by atoms with E-state index in [0.29, 0.717) is 6.10 Å². The lowest BCUT2D eigenvalue weighted by atomic mass is 9.87. The summed E-state index contributed by atoms with van der Waals surface area (Å²) in [5.41, 5.74) is 5.35. The van der Waals surface area contributed by atoms with Crippen LogP contribution in [0.2, 0.25) is 0 Å². The van der Waals surface area contributed by atoms with Crippen molar-refractivity contribution in [1.29, 1.82) is 5.41 Å². The van der Waals surface area contributed by atoms with Crippen molar-refractivity contribution < 1.29 is 4.74 Å². The molecule has 1 saturated carbocycles. The molecule has 1 fully saturated rings. The second-order valence-electron chi connectivity index (χ2n) is 5.18. The van der Waals surface area contributed by atoms with Crippen LogP contribution in [0.4, 0.5) is 0 Å². The fraction of sp³-hybridized carbons (Fsp3) is 0.917. The van der Waals surface area contributed by atoms with Crippen LogP contribution in [0.5, 0.6) is 0 Å². The molecular formula is C12H24N2O. The number of rotatable bonds is 6. The Balaban J connectivity index is 2.08. The Kier molecular flexibility index (Phi) is 4.58. The van der Waals surface area contributed by atoms with Gasteiger partial charge < -0.3 is 10.5 Å². The van der Waals surface area contributed by atoms with Gasteiger partial charge in [-0.3, -0.25) is 5.41 Å². The number of hydrogen-bond acceptors (Lipinski definition) is 2. The molecule has 0 spiro atoms. The summed E-state index contributed by atoms with van der Waals surface area (Å²) in [5.74, 6) is 0.281. The van der Waals surface area contributed by atoms with Crippen LogP contribution >= 0.6 is 0 Å². The van der Waals surface area contributed by atoms with E-state index in [-0.39, 0.29) is 11.3 Å². The lowest BCUT2D eigenvalue weighted by molar-refractivity contribution is 0.0532. The number of nitrogens with one attached hydrogen (secondary N) is 1. The van der Waals surface area contributed by atoms with Crippen molar-refractivity contribution in [2.75, 3.05) is 6.61 Å². The quantitative estimate of drug-likeness (QED) is 0.404. The maximum absolute atomic E-state index is 7.44. The lowest BCUT2D eigenvalue weighted by Crippen LogP contribution is -2.31.